The van der Waals surface area contributed by atoms with Gasteiger partial charge in [-0.15, -0.1) is 0 Å². The molecule has 0 aliphatic heterocycles. The van der Waals surface area contributed by atoms with Crippen LogP contribution in [0.25, 0.3) is 0 Å². The third-order valence-corrected chi connectivity index (χ3v) is 3.77. The molecule has 0 bridgehead atoms. The number of hydrazine groups is 1. The molecule has 17 heavy (non-hydrogen) atoms. The number of aryl methyl sites for hydroxylation is 1. The van der Waals surface area contributed by atoms with Crippen LogP contribution in [0.5, 0.6) is 0 Å². The first-order chi connectivity index (χ1) is 8.13. The van der Waals surface area contributed by atoms with Crippen LogP contribution in [-0.4, -0.2) is 0 Å². The summed E-state index contributed by atoms with van der Waals surface area (Å²) >= 11 is 6.91. The van der Waals surface area contributed by atoms with E-state index in [1.807, 2.05) is 31.2 Å². The number of furan rings is 1. The monoisotopic (exact) mass is 358 g/mol. The maximum atomic E-state index is 5.64. The Morgan fingerprint density at radius 3 is 2.65 bits per heavy atom. The summed E-state index contributed by atoms with van der Waals surface area (Å²) in [5.41, 5.74) is 5.02. The van der Waals surface area contributed by atoms with E-state index in [0.29, 0.717) is 0 Å². The molecule has 5 heteroatoms. The average Bonchev–Trinajstić information content (AvgIpc) is 2.71. The van der Waals surface area contributed by atoms with Gasteiger partial charge in [0.05, 0.1) is 10.7 Å². The summed E-state index contributed by atoms with van der Waals surface area (Å²) in [6.07, 6.45) is 1.64. The van der Waals surface area contributed by atoms with Gasteiger partial charge in [0.1, 0.15) is 11.8 Å². The highest BCUT2D eigenvalue weighted by molar-refractivity contribution is 9.10. The van der Waals surface area contributed by atoms with Gasteiger partial charge in [-0.25, -0.2) is 5.43 Å². The average molecular weight is 360 g/mol. The molecule has 0 radical (unpaired) electrons. The summed E-state index contributed by atoms with van der Waals surface area (Å²) in [4.78, 5) is 0. The first kappa shape index (κ1) is 12.8. The van der Waals surface area contributed by atoms with E-state index in [0.717, 1.165) is 25.8 Å². The lowest BCUT2D eigenvalue weighted by atomic mass is 10.00. The lowest BCUT2D eigenvalue weighted by Crippen LogP contribution is -2.29. The summed E-state index contributed by atoms with van der Waals surface area (Å²) < 4.78 is 7.38. The number of benzene rings is 1. The van der Waals surface area contributed by atoms with Gasteiger partial charge in [-0.3, -0.25) is 5.84 Å². The van der Waals surface area contributed by atoms with Crippen LogP contribution in [0, 0.1) is 6.92 Å². The summed E-state index contributed by atoms with van der Waals surface area (Å²) in [6, 6.07) is 7.77. The Balaban J connectivity index is 2.49. The predicted molar refractivity (Wildman–Crippen MR) is 74.5 cm³/mol. The largest absolute Gasteiger partial charge is 0.466 e. The van der Waals surface area contributed by atoms with Gasteiger partial charge in [0.2, 0.25) is 0 Å². The Kier molecular flexibility index (Phi) is 4.04. The van der Waals surface area contributed by atoms with Crippen molar-refractivity contribution in [3.63, 3.8) is 0 Å². The molecule has 0 saturated carbocycles. The SMILES string of the molecule is Cc1ccc(Br)cc1C(NN)c1occc1Br. The van der Waals surface area contributed by atoms with Crippen LogP contribution in [-0.2, 0) is 0 Å². The number of nitrogens with one attached hydrogen (secondary N) is 1. The molecule has 3 nitrogen and oxygen atoms in total. The van der Waals surface area contributed by atoms with Crippen LogP contribution < -0.4 is 11.3 Å². The highest BCUT2D eigenvalue weighted by Crippen LogP contribution is 2.31. The van der Waals surface area contributed by atoms with Gasteiger partial charge < -0.3 is 4.42 Å². The number of hydrogen-bond acceptors (Lipinski definition) is 3. The van der Waals surface area contributed by atoms with E-state index in [-0.39, 0.29) is 6.04 Å². The lowest BCUT2D eigenvalue weighted by molar-refractivity contribution is 0.449. The summed E-state index contributed by atoms with van der Waals surface area (Å²) in [5, 5.41) is 0. The third-order valence-electron chi connectivity index (χ3n) is 2.63. The van der Waals surface area contributed by atoms with Crippen LogP contribution in [0.15, 0.2) is 43.9 Å². The third kappa shape index (κ3) is 2.63. The predicted octanol–water partition coefficient (Wildman–Crippen LogP) is 3.67. The van der Waals surface area contributed by atoms with Crippen molar-refractivity contribution in [2.45, 2.75) is 13.0 Å². The molecule has 1 aromatic carbocycles. The van der Waals surface area contributed by atoms with Crippen molar-refractivity contribution in [3.8, 4) is 0 Å². The summed E-state index contributed by atoms with van der Waals surface area (Å²) in [6.45, 7) is 2.04. The number of halogens is 2. The van der Waals surface area contributed by atoms with Gasteiger partial charge in [0, 0.05) is 4.47 Å². The fourth-order valence-corrected chi connectivity index (χ4v) is 2.55. The van der Waals surface area contributed by atoms with Crippen molar-refractivity contribution in [1.29, 1.82) is 0 Å². The van der Waals surface area contributed by atoms with E-state index in [2.05, 4.69) is 37.3 Å². The molecule has 0 amide bonds. The van der Waals surface area contributed by atoms with E-state index in [1.54, 1.807) is 6.26 Å². The smallest absolute Gasteiger partial charge is 0.140 e. The molecule has 1 unspecified atom stereocenters. The molecular weight excluding hydrogens is 348 g/mol. The van der Waals surface area contributed by atoms with Crippen LogP contribution in [0.1, 0.15) is 22.9 Å². The first-order valence-electron chi connectivity index (χ1n) is 5.08. The molecule has 3 N–H and O–H groups in total. The van der Waals surface area contributed by atoms with Gasteiger partial charge in [-0.1, -0.05) is 22.0 Å². The second-order valence-corrected chi connectivity index (χ2v) is 5.50. The minimum absolute atomic E-state index is 0.170. The van der Waals surface area contributed by atoms with Gasteiger partial charge in [0.15, 0.2) is 0 Å². The molecule has 2 rings (SSSR count). The highest BCUT2D eigenvalue weighted by atomic mass is 79.9. The Morgan fingerprint density at radius 1 is 1.29 bits per heavy atom. The molecule has 1 aromatic heterocycles. The van der Waals surface area contributed by atoms with E-state index in [4.69, 9.17) is 10.3 Å². The van der Waals surface area contributed by atoms with E-state index in [9.17, 15) is 0 Å². The fraction of sp³-hybridized carbons (Fsp3) is 0.167. The molecule has 2 aromatic rings. The van der Waals surface area contributed by atoms with Crippen molar-refractivity contribution in [3.05, 3.63) is 56.4 Å². The molecule has 1 heterocycles. The fourth-order valence-electron chi connectivity index (χ4n) is 1.74. The number of hydrogen-bond donors (Lipinski definition) is 2. The molecule has 0 fully saturated rings. The van der Waals surface area contributed by atoms with Gasteiger partial charge in [0.25, 0.3) is 0 Å². The molecule has 0 aliphatic rings. The van der Waals surface area contributed by atoms with Crippen molar-refractivity contribution < 1.29 is 4.42 Å². The molecule has 1 atom stereocenters. The Hall–Kier alpha value is -0.620. The standard InChI is InChI=1S/C12H12Br2N2O/c1-7-2-3-8(13)6-9(7)11(16-15)12-10(14)4-5-17-12/h2-6,11,16H,15H2,1H3. The van der Waals surface area contributed by atoms with Gasteiger partial charge in [-0.2, -0.15) is 0 Å². The van der Waals surface area contributed by atoms with E-state index < -0.39 is 0 Å². The number of nitrogens with two attached hydrogens (primary N) is 1. The maximum Gasteiger partial charge on any atom is 0.140 e. The molecule has 0 spiro atoms. The zero-order valence-electron chi connectivity index (χ0n) is 9.21. The van der Waals surface area contributed by atoms with Crippen molar-refractivity contribution in [2.24, 2.45) is 5.84 Å². The second-order valence-electron chi connectivity index (χ2n) is 3.73. The molecule has 90 valence electrons. The number of rotatable bonds is 3. The summed E-state index contributed by atoms with van der Waals surface area (Å²) in [5.74, 6) is 6.41. The summed E-state index contributed by atoms with van der Waals surface area (Å²) in [7, 11) is 0. The minimum Gasteiger partial charge on any atom is -0.466 e. The Morgan fingerprint density at radius 2 is 2.06 bits per heavy atom. The molecule has 0 saturated heterocycles. The van der Waals surface area contributed by atoms with E-state index >= 15 is 0 Å². The van der Waals surface area contributed by atoms with Crippen LogP contribution in [0.3, 0.4) is 0 Å². The Bertz CT molecular complexity index is 525. The molecular formula is C12H12Br2N2O. The normalized spacial score (nSPS) is 12.7. The van der Waals surface area contributed by atoms with Gasteiger partial charge >= 0.3 is 0 Å². The van der Waals surface area contributed by atoms with Crippen LogP contribution in [0.4, 0.5) is 0 Å². The Labute approximate surface area is 117 Å². The second kappa shape index (κ2) is 5.35. The maximum absolute atomic E-state index is 5.64. The highest BCUT2D eigenvalue weighted by Gasteiger charge is 2.20. The quantitative estimate of drug-likeness (QED) is 0.649. The molecule has 0 aliphatic carbocycles. The van der Waals surface area contributed by atoms with E-state index in [1.165, 1.54) is 0 Å². The topological polar surface area (TPSA) is 51.2 Å². The van der Waals surface area contributed by atoms with Crippen LogP contribution in [0.2, 0.25) is 0 Å². The minimum atomic E-state index is -0.170. The zero-order valence-corrected chi connectivity index (χ0v) is 12.4. The lowest BCUT2D eigenvalue weighted by Gasteiger charge is -2.17. The van der Waals surface area contributed by atoms with Crippen molar-refractivity contribution in [2.75, 3.05) is 0 Å². The first-order valence-corrected chi connectivity index (χ1v) is 6.67. The van der Waals surface area contributed by atoms with Gasteiger partial charge in [-0.05, 0) is 52.2 Å². The van der Waals surface area contributed by atoms with Crippen LogP contribution >= 0.6 is 31.9 Å². The zero-order chi connectivity index (χ0) is 12.4. The van der Waals surface area contributed by atoms with Crippen molar-refractivity contribution in [1.82, 2.24) is 5.43 Å². The van der Waals surface area contributed by atoms with Crippen molar-refractivity contribution >= 4 is 31.9 Å².